The molecule has 0 saturated carbocycles. The van der Waals surface area contributed by atoms with Crippen LogP contribution < -0.4 is 4.90 Å². The maximum Gasteiger partial charge on any atom is 0.298 e. The molecule has 0 unspecified atom stereocenters. The fraction of sp³-hybridized carbons (Fsp3) is 0.286. The largest absolute Gasteiger partial charge is 0.307 e. The number of aryl methyl sites for hydroxylation is 3. The average molecular weight is 404 g/mol. The lowest BCUT2D eigenvalue weighted by atomic mass is 10.1. The number of thiazole rings is 1. The van der Waals surface area contributed by atoms with Crippen molar-refractivity contribution in [3.63, 3.8) is 0 Å². The topological polar surface area (TPSA) is 76.8 Å². The van der Waals surface area contributed by atoms with Gasteiger partial charge in [-0.15, -0.1) is 10.2 Å². The van der Waals surface area contributed by atoms with Crippen LogP contribution in [0.4, 0.5) is 5.13 Å². The zero-order valence-corrected chi connectivity index (χ0v) is 17.1. The molecule has 146 valence electrons. The Labute approximate surface area is 172 Å². The van der Waals surface area contributed by atoms with Gasteiger partial charge in [0.05, 0.1) is 16.8 Å². The molecule has 1 aromatic carbocycles. The summed E-state index contributed by atoms with van der Waals surface area (Å²) in [5.41, 5.74) is 4.21. The summed E-state index contributed by atoms with van der Waals surface area (Å²) >= 11 is 1.52. The molecule has 1 aliphatic heterocycles. The molecule has 0 radical (unpaired) electrons. The number of pyridine rings is 1. The minimum absolute atomic E-state index is 0.178. The quantitative estimate of drug-likeness (QED) is 0.518. The molecule has 0 atom stereocenters. The van der Waals surface area contributed by atoms with E-state index in [4.69, 9.17) is 4.98 Å². The van der Waals surface area contributed by atoms with Gasteiger partial charge in [0.2, 0.25) is 5.82 Å². The molecule has 29 heavy (non-hydrogen) atoms. The van der Waals surface area contributed by atoms with Crippen LogP contribution in [0, 0.1) is 13.8 Å². The fourth-order valence-electron chi connectivity index (χ4n) is 3.66. The van der Waals surface area contributed by atoms with Crippen LogP contribution in [0.2, 0.25) is 0 Å². The molecular weight excluding hydrogens is 384 g/mol. The normalized spacial score (nSPS) is 13.0. The molecule has 0 bridgehead atoms. The van der Waals surface area contributed by atoms with Crippen LogP contribution >= 0.6 is 11.3 Å². The van der Waals surface area contributed by atoms with E-state index in [2.05, 4.69) is 41.2 Å². The van der Waals surface area contributed by atoms with Gasteiger partial charge in [0.25, 0.3) is 5.91 Å². The first-order valence-electron chi connectivity index (χ1n) is 9.61. The summed E-state index contributed by atoms with van der Waals surface area (Å²) < 4.78 is 3.00. The number of amides is 1. The highest BCUT2D eigenvalue weighted by atomic mass is 32.1. The molecule has 4 heterocycles. The smallest absolute Gasteiger partial charge is 0.298 e. The Bertz CT molecular complexity index is 1210. The van der Waals surface area contributed by atoms with Crippen molar-refractivity contribution in [1.29, 1.82) is 0 Å². The average Bonchev–Trinajstić information content (AvgIpc) is 3.45. The lowest BCUT2D eigenvalue weighted by molar-refractivity contribution is 0.0970. The van der Waals surface area contributed by atoms with Crippen molar-refractivity contribution < 1.29 is 4.79 Å². The van der Waals surface area contributed by atoms with Crippen molar-refractivity contribution in [3.05, 3.63) is 65.0 Å². The molecule has 0 aliphatic carbocycles. The minimum Gasteiger partial charge on any atom is -0.307 e. The number of hydrogen-bond donors (Lipinski definition) is 0. The number of nitrogens with zero attached hydrogens (tertiary/aromatic N) is 6. The molecule has 8 heteroatoms. The van der Waals surface area contributed by atoms with Crippen LogP contribution in [0.3, 0.4) is 0 Å². The molecule has 5 rings (SSSR count). The van der Waals surface area contributed by atoms with E-state index in [-0.39, 0.29) is 5.91 Å². The van der Waals surface area contributed by atoms with Crippen molar-refractivity contribution in [2.75, 3.05) is 4.90 Å². The Morgan fingerprint density at radius 2 is 2.14 bits per heavy atom. The zero-order chi connectivity index (χ0) is 20.0. The van der Waals surface area contributed by atoms with Crippen LogP contribution in [0.25, 0.3) is 10.2 Å². The van der Waals surface area contributed by atoms with Crippen LogP contribution in [0.15, 0.2) is 36.7 Å². The summed E-state index contributed by atoms with van der Waals surface area (Å²) in [5, 5.41) is 9.06. The van der Waals surface area contributed by atoms with Gasteiger partial charge >= 0.3 is 0 Å². The van der Waals surface area contributed by atoms with Gasteiger partial charge in [-0.05, 0) is 49.1 Å². The Kier molecular flexibility index (Phi) is 4.35. The molecule has 4 aromatic rings. The number of hydrogen-bond acceptors (Lipinski definition) is 6. The van der Waals surface area contributed by atoms with E-state index in [0.717, 1.165) is 46.6 Å². The van der Waals surface area contributed by atoms with E-state index in [9.17, 15) is 4.79 Å². The van der Waals surface area contributed by atoms with Gasteiger partial charge in [-0.3, -0.25) is 14.7 Å². The number of carbonyl (C=O) groups excluding carboxylic acids is 1. The fourth-order valence-corrected chi connectivity index (χ4v) is 4.68. The Hall–Kier alpha value is -3.13. The molecule has 0 saturated heterocycles. The lowest BCUT2D eigenvalue weighted by Crippen LogP contribution is -2.32. The van der Waals surface area contributed by atoms with E-state index >= 15 is 0 Å². The molecule has 7 nitrogen and oxygen atoms in total. The van der Waals surface area contributed by atoms with E-state index in [1.165, 1.54) is 16.9 Å². The highest BCUT2D eigenvalue weighted by Crippen LogP contribution is 2.33. The van der Waals surface area contributed by atoms with Crippen molar-refractivity contribution >= 4 is 32.6 Å². The van der Waals surface area contributed by atoms with Crippen LogP contribution in [-0.2, 0) is 19.5 Å². The highest BCUT2D eigenvalue weighted by molar-refractivity contribution is 7.22. The SMILES string of the molecule is Cc1ccc2sc(N(Cc3cccnc3)C(=O)c3nnc4n3CCC4)nc2c1C. The Morgan fingerprint density at radius 1 is 1.24 bits per heavy atom. The van der Waals surface area contributed by atoms with E-state index < -0.39 is 0 Å². The summed E-state index contributed by atoms with van der Waals surface area (Å²) in [4.78, 5) is 24.3. The molecule has 1 aliphatic rings. The predicted molar refractivity (Wildman–Crippen MR) is 112 cm³/mol. The molecule has 0 N–H and O–H groups in total. The number of benzene rings is 1. The molecule has 0 fully saturated rings. The number of carbonyl (C=O) groups is 1. The predicted octanol–water partition coefficient (Wildman–Crippen LogP) is 3.69. The second-order valence-corrected chi connectivity index (χ2v) is 8.31. The van der Waals surface area contributed by atoms with Crippen molar-refractivity contribution in [2.24, 2.45) is 0 Å². The van der Waals surface area contributed by atoms with Crippen LogP contribution in [0.1, 0.15) is 39.6 Å². The summed E-state index contributed by atoms with van der Waals surface area (Å²) in [6.45, 7) is 5.31. The third-order valence-corrected chi connectivity index (χ3v) is 6.46. The van der Waals surface area contributed by atoms with Crippen LogP contribution in [0.5, 0.6) is 0 Å². The lowest BCUT2D eigenvalue weighted by Gasteiger charge is -2.19. The first-order valence-corrected chi connectivity index (χ1v) is 10.4. The third kappa shape index (κ3) is 3.09. The minimum atomic E-state index is -0.178. The van der Waals surface area contributed by atoms with Gasteiger partial charge < -0.3 is 4.57 Å². The summed E-state index contributed by atoms with van der Waals surface area (Å²) in [7, 11) is 0. The van der Waals surface area contributed by atoms with Gasteiger partial charge in [-0.25, -0.2) is 4.98 Å². The number of aromatic nitrogens is 5. The number of fused-ring (bicyclic) bond motifs is 2. The monoisotopic (exact) mass is 404 g/mol. The maximum absolute atomic E-state index is 13.5. The van der Waals surface area contributed by atoms with Gasteiger partial charge in [0, 0.05) is 25.4 Å². The maximum atomic E-state index is 13.5. The second kappa shape index (κ2) is 7.04. The zero-order valence-electron chi connectivity index (χ0n) is 16.3. The van der Waals surface area contributed by atoms with Gasteiger partial charge in [-0.1, -0.05) is 23.5 Å². The first-order chi connectivity index (χ1) is 14.1. The van der Waals surface area contributed by atoms with E-state index in [1.54, 1.807) is 17.3 Å². The molecule has 3 aromatic heterocycles. The van der Waals surface area contributed by atoms with Gasteiger partial charge in [0.1, 0.15) is 5.82 Å². The highest BCUT2D eigenvalue weighted by Gasteiger charge is 2.29. The second-order valence-electron chi connectivity index (χ2n) is 7.30. The number of anilines is 1. The number of rotatable bonds is 4. The molecule has 1 amide bonds. The molecule has 0 spiro atoms. The van der Waals surface area contributed by atoms with Gasteiger partial charge in [0.15, 0.2) is 5.13 Å². The molecular formula is C21H20N6OS. The van der Waals surface area contributed by atoms with Crippen LogP contribution in [-0.4, -0.2) is 30.6 Å². The Balaban J connectivity index is 1.60. The summed E-state index contributed by atoms with van der Waals surface area (Å²) in [6.07, 6.45) is 5.36. The third-order valence-electron chi connectivity index (χ3n) is 5.41. The summed E-state index contributed by atoms with van der Waals surface area (Å²) in [6, 6.07) is 8.00. The van der Waals surface area contributed by atoms with Gasteiger partial charge in [-0.2, -0.15) is 0 Å². The first kappa shape index (κ1) is 17.9. The van der Waals surface area contributed by atoms with E-state index in [1.807, 2.05) is 16.7 Å². The van der Waals surface area contributed by atoms with Crippen molar-refractivity contribution in [2.45, 2.75) is 39.8 Å². The summed E-state index contributed by atoms with van der Waals surface area (Å²) in [5.74, 6) is 1.09. The van der Waals surface area contributed by atoms with Crippen molar-refractivity contribution in [3.8, 4) is 0 Å². The Morgan fingerprint density at radius 3 is 2.97 bits per heavy atom. The standard InChI is InChI=1S/C21H20N6OS/c1-13-7-8-16-18(14(13)2)23-21(29-16)27(12-15-5-3-9-22-11-15)20(28)19-25-24-17-6-4-10-26(17)19/h3,5,7-9,11H,4,6,10,12H2,1-2H3. The van der Waals surface area contributed by atoms with Crippen molar-refractivity contribution in [1.82, 2.24) is 24.7 Å². The van der Waals surface area contributed by atoms with E-state index in [0.29, 0.717) is 17.5 Å².